The molecule has 0 fully saturated rings. The SMILES string of the molecule is Cc1sc(Br)cc1S(=O)(=O)NC(C)CCBr. The van der Waals surface area contributed by atoms with E-state index in [2.05, 4.69) is 36.6 Å². The molecule has 0 aliphatic heterocycles. The second-order valence-electron chi connectivity index (χ2n) is 3.47. The number of nitrogens with one attached hydrogen (secondary N) is 1. The quantitative estimate of drug-likeness (QED) is 0.784. The lowest BCUT2D eigenvalue weighted by molar-refractivity contribution is 0.557. The normalized spacial score (nSPS) is 14.0. The Morgan fingerprint density at radius 3 is 2.62 bits per heavy atom. The number of sulfonamides is 1. The number of rotatable bonds is 5. The van der Waals surface area contributed by atoms with E-state index in [1.165, 1.54) is 11.3 Å². The summed E-state index contributed by atoms with van der Waals surface area (Å²) >= 11 is 8.01. The molecule has 0 radical (unpaired) electrons. The number of halogens is 2. The van der Waals surface area contributed by atoms with E-state index in [1.807, 2.05) is 6.92 Å². The molecule has 0 saturated carbocycles. The molecule has 92 valence electrons. The molecule has 1 atom stereocenters. The lowest BCUT2D eigenvalue weighted by atomic mass is 10.3. The van der Waals surface area contributed by atoms with Gasteiger partial charge >= 0.3 is 0 Å². The highest BCUT2D eigenvalue weighted by atomic mass is 79.9. The van der Waals surface area contributed by atoms with Gasteiger partial charge in [0.05, 0.1) is 8.68 Å². The van der Waals surface area contributed by atoms with E-state index in [0.29, 0.717) is 4.90 Å². The largest absolute Gasteiger partial charge is 0.241 e. The van der Waals surface area contributed by atoms with Crippen LogP contribution in [0.3, 0.4) is 0 Å². The van der Waals surface area contributed by atoms with Crippen LogP contribution in [-0.4, -0.2) is 19.8 Å². The summed E-state index contributed by atoms with van der Waals surface area (Å²) in [6.07, 6.45) is 0.767. The molecule has 0 aliphatic carbocycles. The van der Waals surface area contributed by atoms with Gasteiger partial charge in [0.15, 0.2) is 0 Å². The van der Waals surface area contributed by atoms with Gasteiger partial charge in [-0.2, -0.15) is 0 Å². The number of thiophene rings is 1. The fraction of sp³-hybridized carbons (Fsp3) is 0.556. The highest BCUT2D eigenvalue weighted by Crippen LogP contribution is 2.29. The van der Waals surface area contributed by atoms with Gasteiger partial charge < -0.3 is 0 Å². The standard InChI is InChI=1S/C9H13Br2NO2S2/c1-6(3-4-10)12-16(13,14)8-5-9(11)15-7(8)2/h5-6,12H,3-4H2,1-2H3. The van der Waals surface area contributed by atoms with Crippen molar-refractivity contribution in [3.8, 4) is 0 Å². The molecule has 0 spiro atoms. The van der Waals surface area contributed by atoms with Gasteiger partial charge in [0, 0.05) is 16.2 Å². The predicted octanol–water partition coefficient (Wildman–Crippen LogP) is 3.27. The summed E-state index contributed by atoms with van der Waals surface area (Å²) in [5.74, 6) is 0. The highest BCUT2D eigenvalue weighted by Gasteiger charge is 2.21. The Labute approximate surface area is 117 Å². The Balaban J connectivity index is 2.90. The van der Waals surface area contributed by atoms with E-state index in [1.54, 1.807) is 13.0 Å². The zero-order valence-electron chi connectivity index (χ0n) is 8.96. The summed E-state index contributed by atoms with van der Waals surface area (Å²) in [5, 5.41) is 0.781. The van der Waals surface area contributed by atoms with Crippen molar-refractivity contribution < 1.29 is 8.42 Å². The van der Waals surface area contributed by atoms with Gasteiger partial charge in [-0.15, -0.1) is 11.3 Å². The maximum Gasteiger partial charge on any atom is 0.241 e. The van der Waals surface area contributed by atoms with Crippen LogP contribution in [0.5, 0.6) is 0 Å². The van der Waals surface area contributed by atoms with Crippen LogP contribution in [0.4, 0.5) is 0 Å². The van der Waals surface area contributed by atoms with Gasteiger partial charge in [-0.05, 0) is 42.3 Å². The molecule has 0 saturated heterocycles. The van der Waals surface area contributed by atoms with Crippen LogP contribution in [0, 0.1) is 6.92 Å². The van der Waals surface area contributed by atoms with Gasteiger partial charge in [0.25, 0.3) is 0 Å². The Morgan fingerprint density at radius 2 is 2.19 bits per heavy atom. The topological polar surface area (TPSA) is 46.2 Å². The van der Waals surface area contributed by atoms with Crippen molar-refractivity contribution in [2.45, 2.75) is 31.2 Å². The summed E-state index contributed by atoms with van der Waals surface area (Å²) in [6.45, 7) is 3.66. The van der Waals surface area contributed by atoms with Crippen LogP contribution in [0.2, 0.25) is 0 Å². The average Bonchev–Trinajstić information content (AvgIpc) is 2.45. The van der Waals surface area contributed by atoms with Gasteiger partial charge in [0.1, 0.15) is 0 Å². The van der Waals surface area contributed by atoms with Crippen LogP contribution in [0.1, 0.15) is 18.2 Å². The molecule has 1 aromatic rings. The molecule has 1 heterocycles. The number of alkyl halides is 1. The van der Waals surface area contributed by atoms with Crippen LogP contribution in [0.15, 0.2) is 14.7 Å². The minimum atomic E-state index is -3.38. The average molecular weight is 391 g/mol. The van der Waals surface area contributed by atoms with E-state index >= 15 is 0 Å². The summed E-state index contributed by atoms with van der Waals surface area (Å²) < 4.78 is 27.5. The van der Waals surface area contributed by atoms with Crippen molar-refractivity contribution in [2.75, 3.05) is 5.33 Å². The Morgan fingerprint density at radius 1 is 1.56 bits per heavy atom. The van der Waals surface area contributed by atoms with Gasteiger partial charge in [-0.1, -0.05) is 15.9 Å². The third-order valence-corrected chi connectivity index (χ3v) is 5.89. The minimum absolute atomic E-state index is 0.0672. The Bertz CT molecular complexity index is 456. The second-order valence-corrected chi connectivity index (χ2v) is 8.58. The first-order chi connectivity index (χ1) is 7.36. The molecule has 1 N–H and O–H groups in total. The highest BCUT2D eigenvalue weighted by molar-refractivity contribution is 9.11. The van der Waals surface area contributed by atoms with Crippen LogP contribution in [0.25, 0.3) is 0 Å². The third kappa shape index (κ3) is 3.80. The fourth-order valence-corrected chi connectivity index (χ4v) is 5.63. The summed E-state index contributed by atoms with van der Waals surface area (Å²) in [6, 6.07) is 1.57. The molecule has 16 heavy (non-hydrogen) atoms. The van der Waals surface area contributed by atoms with E-state index in [9.17, 15) is 8.42 Å². The van der Waals surface area contributed by atoms with Crippen molar-refractivity contribution in [3.63, 3.8) is 0 Å². The molecule has 0 amide bonds. The molecular weight excluding hydrogens is 378 g/mol. The predicted molar refractivity (Wildman–Crippen MR) is 75.0 cm³/mol. The van der Waals surface area contributed by atoms with E-state index in [-0.39, 0.29) is 6.04 Å². The van der Waals surface area contributed by atoms with Crippen molar-refractivity contribution in [1.82, 2.24) is 4.72 Å². The summed E-state index contributed by atoms with van der Waals surface area (Å²) in [7, 11) is -3.38. The molecule has 7 heteroatoms. The molecule has 1 unspecified atom stereocenters. The van der Waals surface area contributed by atoms with Gasteiger partial charge in [0.2, 0.25) is 10.0 Å². The van der Waals surface area contributed by atoms with Crippen molar-refractivity contribution in [2.24, 2.45) is 0 Å². The van der Waals surface area contributed by atoms with Crippen molar-refractivity contribution in [3.05, 3.63) is 14.7 Å². The molecule has 0 bridgehead atoms. The van der Waals surface area contributed by atoms with E-state index in [4.69, 9.17) is 0 Å². The summed E-state index contributed by atoms with van der Waals surface area (Å²) in [5.41, 5.74) is 0. The summed E-state index contributed by atoms with van der Waals surface area (Å²) in [4.78, 5) is 1.16. The molecular formula is C9H13Br2NO2S2. The van der Waals surface area contributed by atoms with Crippen molar-refractivity contribution in [1.29, 1.82) is 0 Å². The minimum Gasteiger partial charge on any atom is -0.208 e. The first-order valence-electron chi connectivity index (χ1n) is 4.71. The second kappa shape index (κ2) is 5.95. The molecule has 1 aromatic heterocycles. The number of aryl methyl sites for hydroxylation is 1. The third-order valence-electron chi connectivity index (χ3n) is 2.03. The first-order valence-corrected chi connectivity index (χ1v) is 8.92. The van der Waals surface area contributed by atoms with Crippen molar-refractivity contribution >= 4 is 53.2 Å². The molecule has 3 nitrogen and oxygen atoms in total. The molecule has 0 aromatic carbocycles. The number of hydrogen-bond acceptors (Lipinski definition) is 3. The van der Waals surface area contributed by atoms with Gasteiger partial charge in [-0.3, -0.25) is 0 Å². The lowest BCUT2D eigenvalue weighted by Gasteiger charge is -2.12. The fourth-order valence-electron chi connectivity index (χ4n) is 1.25. The molecule has 1 rings (SSSR count). The van der Waals surface area contributed by atoms with E-state index < -0.39 is 10.0 Å². The monoisotopic (exact) mass is 389 g/mol. The Kier molecular flexibility index (Phi) is 5.44. The Hall–Kier alpha value is 0.570. The van der Waals surface area contributed by atoms with E-state index in [0.717, 1.165) is 20.4 Å². The zero-order valence-corrected chi connectivity index (χ0v) is 13.8. The zero-order chi connectivity index (χ0) is 12.3. The first kappa shape index (κ1) is 14.6. The number of hydrogen-bond donors (Lipinski definition) is 1. The van der Waals surface area contributed by atoms with Crippen LogP contribution >= 0.6 is 43.2 Å². The maximum absolute atomic E-state index is 12.0. The lowest BCUT2D eigenvalue weighted by Crippen LogP contribution is -2.32. The van der Waals surface area contributed by atoms with Crippen LogP contribution < -0.4 is 4.72 Å². The van der Waals surface area contributed by atoms with Crippen LogP contribution in [-0.2, 0) is 10.0 Å². The van der Waals surface area contributed by atoms with Gasteiger partial charge in [-0.25, -0.2) is 13.1 Å². The smallest absolute Gasteiger partial charge is 0.208 e. The molecule has 0 aliphatic rings. The maximum atomic E-state index is 12.0.